The Morgan fingerprint density at radius 3 is 2.83 bits per heavy atom. The standard InChI is InChI=1S/C17H17FN4O/c1-12-6-7-14(11-21-12)20-9-8-16(19)22-17(23)10-13-4-2-3-5-15(13)18/h2-9,11,20H,10H2,1H3,(H2,19,22,23)/b9-8-. The van der Waals surface area contributed by atoms with Gasteiger partial charge in [0.15, 0.2) is 0 Å². The van der Waals surface area contributed by atoms with Crippen LogP contribution in [0.5, 0.6) is 0 Å². The highest BCUT2D eigenvalue weighted by atomic mass is 19.1. The summed E-state index contributed by atoms with van der Waals surface area (Å²) in [5.74, 6) is -0.896. The number of nitrogens with one attached hydrogen (secondary N) is 1. The van der Waals surface area contributed by atoms with Gasteiger partial charge in [0.05, 0.1) is 18.3 Å². The Balaban J connectivity index is 1.91. The summed E-state index contributed by atoms with van der Waals surface area (Å²) < 4.78 is 13.4. The molecule has 5 nitrogen and oxygen atoms in total. The number of carbonyl (C=O) groups is 1. The first-order valence-electron chi connectivity index (χ1n) is 7.01. The largest absolute Gasteiger partial charge is 0.384 e. The van der Waals surface area contributed by atoms with Gasteiger partial charge in [-0.1, -0.05) is 18.2 Å². The van der Waals surface area contributed by atoms with Crippen molar-refractivity contribution in [3.05, 3.63) is 71.9 Å². The number of aliphatic imine (C=N–C) groups is 1. The summed E-state index contributed by atoms with van der Waals surface area (Å²) in [6.07, 6.45) is 4.56. The molecule has 0 atom stereocenters. The van der Waals surface area contributed by atoms with Crippen LogP contribution in [0.15, 0.2) is 59.9 Å². The second-order valence-corrected chi connectivity index (χ2v) is 4.86. The van der Waals surface area contributed by atoms with E-state index in [2.05, 4.69) is 15.3 Å². The molecule has 1 heterocycles. The lowest BCUT2D eigenvalue weighted by atomic mass is 10.1. The first kappa shape index (κ1) is 16.4. The monoisotopic (exact) mass is 312 g/mol. The van der Waals surface area contributed by atoms with Crippen molar-refractivity contribution in [2.75, 3.05) is 5.32 Å². The maximum absolute atomic E-state index is 13.4. The number of carbonyl (C=O) groups excluding carboxylic acids is 1. The van der Waals surface area contributed by atoms with E-state index >= 15 is 0 Å². The Bertz CT molecular complexity index is 739. The Labute approximate surface area is 133 Å². The van der Waals surface area contributed by atoms with Crippen molar-refractivity contribution in [3.63, 3.8) is 0 Å². The van der Waals surface area contributed by atoms with Gasteiger partial charge in [0.2, 0.25) is 0 Å². The molecule has 0 spiro atoms. The highest BCUT2D eigenvalue weighted by Gasteiger charge is 2.06. The van der Waals surface area contributed by atoms with E-state index in [1.54, 1.807) is 30.6 Å². The molecule has 0 aliphatic heterocycles. The van der Waals surface area contributed by atoms with E-state index in [4.69, 9.17) is 5.73 Å². The molecule has 118 valence electrons. The van der Waals surface area contributed by atoms with Crippen LogP contribution in [0, 0.1) is 12.7 Å². The molecule has 0 saturated heterocycles. The Morgan fingerprint density at radius 1 is 1.35 bits per heavy atom. The summed E-state index contributed by atoms with van der Waals surface area (Å²) in [5, 5.41) is 2.96. The fraction of sp³-hybridized carbons (Fsp3) is 0.118. The number of halogens is 1. The van der Waals surface area contributed by atoms with Gasteiger partial charge in [-0.05, 0) is 36.8 Å². The zero-order valence-corrected chi connectivity index (χ0v) is 12.7. The summed E-state index contributed by atoms with van der Waals surface area (Å²) in [4.78, 5) is 19.6. The molecule has 0 bridgehead atoms. The lowest BCUT2D eigenvalue weighted by Crippen LogP contribution is -2.13. The van der Waals surface area contributed by atoms with Crippen LogP contribution >= 0.6 is 0 Å². The Hall–Kier alpha value is -3.02. The van der Waals surface area contributed by atoms with Crippen LogP contribution < -0.4 is 11.1 Å². The molecular weight excluding hydrogens is 295 g/mol. The van der Waals surface area contributed by atoms with Crippen LogP contribution in [0.4, 0.5) is 10.1 Å². The van der Waals surface area contributed by atoms with Gasteiger partial charge in [-0.3, -0.25) is 9.78 Å². The average Bonchev–Trinajstić information content (AvgIpc) is 2.51. The topological polar surface area (TPSA) is 80.4 Å². The third-order valence-electron chi connectivity index (χ3n) is 2.97. The molecule has 23 heavy (non-hydrogen) atoms. The highest BCUT2D eigenvalue weighted by molar-refractivity contribution is 6.00. The minimum Gasteiger partial charge on any atom is -0.384 e. The van der Waals surface area contributed by atoms with Crippen molar-refractivity contribution in [3.8, 4) is 0 Å². The number of hydrogen-bond donors (Lipinski definition) is 2. The van der Waals surface area contributed by atoms with Crippen molar-refractivity contribution >= 4 is 17.4 Å². The molecule has 3 N–H and O–H groups in total. The summed E-state index contributed by atoms with van der Waals surface area (Å²) in [6.45, 7) is 1.89. The van der Waals surface area contributed by atoms with Crippen LogP contribution in [0.2, 0.25) is 0 Å². The van der Waals surface area contributed by atoms with Gasteiger partial charge in [0.1, 0.15) is 11.7 Å². The van der Waals surface area contributed by atoms with Crippen molar-refractivity contribution in [1.82, 2.24) is 4.98 Å². The molecule has 2 aromatic rings. The Kier molecular flexibility index (Phi) is 5.57. The summed E-state index contributed by atoms with van der Waals surface area (Å²) in [7, 11) is 0. The van der Waals surface area contributed by atoms with Gasteiger partial charge in [-0.15, -0.1) is 0 Å². The molecule has 0 aliphatic carbocycles. The van der Waals surface area contributed by atoms with Crippen LogP contribution in [0.3, 0.4) is 0 Å². The number of amides is 1. The molecule has 0 fully saturated rings. The van der Waals surface area contributed by atoms with Crippen LogP contribution in [0.1, 0.15) is 11.3 Å². The van der Waals surface area contributed by atoms with Gasteiger partial charge >= 0.3 is 0 Å². The third-order valence-corrected chi connectivity index (χ3v) is 2.97. The number of aromatic nitrogens is 1. The predicted octanol–water partition coefficient (Wildman–Crippen LogP) is 2.58. The third kappa shape index (κ3) is 5.35. The molecular formula is C17H17FN4O. The van der Waals surface area contributed by atoms with E-state index in [9.17, 15) is 9.18 Å². The van der Waals surface area contributed by atoms with Crippen molar-refractivity contribution < 1.29 is 9.18 Å². The second kappa shape index (κ2) is 7.84. The predicted molar refractivity (Wildman–Crippen MR) is 88.5 cm³/mol. The number of pyridine rings is 1. The first-order chi connectivity index (χ1) is 11.0. The number of aryl methyl sites for hydroxylation is 1. The van der Waals surface area contributed by atoms with Gasteiger partial charge in [-0.2, -0.15) is 4.99 Å². The fourth-order valence-corrected chi connectivity index (χ4v) is 1.80. The molecule has 2 rings (SSSR count). The lowest BCUT2D eigenvalue weighted by Gasteiger charge is -2.01. The smallest absolute Gasteiger partial charge is 0.252 e. The van der Waals surface area contributed by atoms with Crippen molar-refractivity contribution in [2.45, 2.75) is 13.3 Å². The van der Waals surface area contributed by atoms with Gasteiger partial charge in [-0.25, -0.2) is 4.39 Å². The second-order valence-electron chi connectivity index (χ2n) is 4.86. The van der Waals surface area contributed by atoms with E-state index in [1.165, 1.54) is 12.1 Å². The van der Waals surface area contributed by atoms with E-state index < -0.39 is 11.7 Å². The fourth-order valence-electron chi connectivity index (χ4n) is 1.80. The molecule has 0 unspecified atom stereocenters. The number of rotatable bonds is 5. The minimum absolute atomic E-state index is 0.0407. The van der Waals surface area contributed by atoms with Gasteiger partial charge in [0.25, 0.3) is 5.91 Å². The average molecular weight is 312 g/mol. The van der Waals surface area contributed by atoms with Crippen molar-refractivity contribution in [1.29, 1.82) is 0 Å². The molecule has 6 heteroatoms. The zero-order valence-electron chi connectivity index (χ0n) is 12.7. The van der Waals surface area contributed by atoms with E-state index in [1.807, 2.05) is 19.1 Å². The maximum atomic E-state index is 13.4. The lowest BCUT2D eigenvalue weighted by molar-refractivity contribution is -0.117. The number of hydrogen-bond acceptors (Lipinski definition) is 3. The SMILES string of the molecule is Cc1ccc(N/C=C\C(N)=NC(=O)Cc2ccccc2F)cn1. The molecule has 1 aromatic carbocycles. The molecule has 0 aliphatic rings. The Morgan fingerprint density at radius 2 is 2.13 bits per heavy atom. The molecule has 1 amide bonds. The van der Waals surface area contributed by atoms with Gasteiger partial charge < -0.3 is 11.1 Å². The number of nitrogens with zero attached hydrogens (tertiary/aromatic N) is 2. The normalized spacial score (nSPS) is 11.7. The highest BCUT2D eigenvalue weighted by Crippen LogP contribution is 2.08. The summed E-state index contributed by atoms with van der Waals surface area (Å²) in [5.41, 5.74) is 7.65. The maximum Gasteiger partial charge on any atom is 0.252 e. The molecule has 0 radical (unpaired) electrons. The van der Waals surface area contributed by atoms with Crippen LogP contribution in [0.25, 0.3) is 0 Å². The summed E-state index contributed by atoms with van der Waals surface area (Å²) in [6, 6.07) is 9.80. The molecule has 1 aromatic heterocycles. The van der Waals surface area contributed by atoms with E-state index in [-0.39, 0.29) is 12.3 Å². The zero-order chi connectivity index (χ0) is 16.7. The molecule has 0 saturated carbocycles. The number of anilines is 1. The summed E-state index contributed by atoms with van der Waals surface area (Å²) >= 11 is 0. The van der Waals surface area contributed by atoms with Crippen LogP contribution in [-0.4, -0.2) is 16.7 Å². The van der Waals surface area contributed by atoms with E-state index in [0.717, 1.165) is 11.4 Å². The number of benzene rings is 1. The minimum atomic E-state index is -0.505. The van der Waals surface area contributed by atoms with Crippen LogP contribution in [-0.2, 0) is 11.2 Å². The van der Waals surface area contributed by atoms with Crippen molar-refractivity contribution in [2.24, 2.45) is 10.7 Å². The quantitative estimate of drug-likeness (QED) is 0.657. The first-order valence-corrected chi connectivity index (χ1v) is 7.01. The van der Waals surface area contributed by atoms with E-state index in [0.29, 0.717) is 5.56 Å². The van der Waals surface area contributed by atoms with Gasteiger partial charge in [0, 0.05) is 11.9 Å². The number of amidine groups is 1. The number of nitrogens with two attached hydrogens (primary N) is 1.